The van der Waals surface area contributed by atoms with Crippen molar-refractivity contribution in [2.45, 2.75) is 19.4 Å². The Hall–Kier alpha value is -2.81. The Morgan fingerprint density at radius 3 is 2.68 bits per heavy atom. The largest absolute Gasteiger partial charge is 0.357 e. The number of rotatable bonds is 3. The molecule has 25 heavy (non-hydrogen) atoms. The van der Waals surface area contributed by atoms with Gasteiger partial charge < -0.3 is 4.90 Å². The molecule has 1 saturated heterocycles. The molecular weight excluding hydrogens is 338 g/mol. The first-order valence-electron chi connectivity index (χ1n) is 8.19. The van der Waals surface area contributed by atoms with Crippen LogP contribution in [0.4, 0.5) is 15.6 Å². The standard InChI is InChI=1S/C16H15N7OS/c24-16-22(14-5-6-18-25-14)10-13-19-15(20-23(13)16)11-3-4-12(17-9-11)21-7-1-2-8-21/h3-6,9H,1-2,7-8,10H2. The zero-order valence-corrected chi connectivity index (χ0v) is 14.2. The van der Waals surface area contributed by atoms with Gasteiger partial charge in [0.25, 0.3) is 0 Å². The van der Waals surface area contributed by atoms with Crippen LogP contribution in [-0.2, 0) is 6.54 Å². The van der Waals surface area contributed by atoms with Crippen molar-refractivity contribution in [1.29, 1.82) is 0 Å². The highest BCUT2D eigenvalue weighted by Crippen LogP contribution is 2.28. The van der Waals surface area contributed by atoms with Crippen LogP contribution >= 0.6 is 11.5 Å². The molecule has 0 aliphatic carbocycles. The molecular formula is C16H15N7OS. The van der Waals surface area contributed by atoms with E-state index in [-0.39, 0.29) is 6.03 Å². The van der Waals surface area contributed by atoms with Crippen LogP contribution in [0.1, 0.15) is 18.7 Å². The van der Waals surface area contributed by atoms with Gasteiger partial charge in [-0.1, -0.05) is 0 Å². The SMILES string of the molecule is O=C1N(c2ccns2)Cc2nc(-c3ccc(N4CCCC4)nc3)nn21. The van der Waals surface area contributed by atoms with E-state index >= 15 is 0 Å². The van der Waals surface area contributed by atoms with Gasteiger partial charge in [0.2, 0.25) is 0 Å². The van der Waals surface area contributed by atoms with E-state index < -0.39 is 0 Å². The van der Waals surface area contributed by atoms with E-state index in [0.717, 1.165) is 29.5 Å². The summed E-state index contributed by atoms with van der Waals surface area (Å²) in [5, 5.41) is 5.18. The van der Waals surface area contributed by atoms with Gasteiger partial charge in [-0.15, -0.1) is 5.10 Å². The topological polar surface area (TPSA) is 80.0 Å². The summed E-state index contributed by atoms with van der Waals surface area (Å²) in [5.74, 6) is 2.16. The molecule has 2 aliphatic rings. The van der Waals surface area contributed by atoms with Gasteiger partial charge in [0, 0.05) is 31.0 Å². The third-order valence-corrected chi connectivity index (χ3v) is 5.28. The number of carbonyl (C=O) groups excluding carboxylic acids is 1. The Labute approximate surface area is 147 Å². The molecule has 1 amide bonds. The highest BCUT2D eigenvalue weighted by atomic mass is 32.1. The molecule has 0 radical (unpaired) electrons. The summed E-state index contributed by atoms with van der Waals surface area (Å²) < 4.78 is 5.40. The van der Waals surface area contributed by atoms with Gasteiger partial charge in [-0.05, 0) is 42.6 Å². The molecule has 0 atom stereocenters. The van der Waals surface area contributed by atoms with Crippen LogP contribution < -0.4 is 9.80 Å². The van der Waals surface area contributed by atoms with Crippen LogP contribution in [-0.4, -0.2) is 43.2 Å². The predicted octanol–water partition coefficient (Wildman–Crippen LogP) is 2.39. The first-order valence-corrected chi connectivity index (χ1v) is 8.97. The summed E-state index contributed by atoms with van der Waals surface area (Å²) in [6, 6.07) is 5.59. The highest BCUT2D eigenvalue weighted by molar-refractivity contribution is 7.10. The summed E-state index contributed by atoms with van der Waals surface area (Å²) in [6.45, 7) is 2.53. The number of carbonyl (C=O) groups is 1. The second-order valence-electron chi connectivity index (χ2n) is 6.08. The molecule has 0 saturated carbocycles. The van der Waals surface area contributed by atoms with E-state index in [1.54, 1.807) is 17.3 Å². The first kappa shape index (κ1) is 14.5. The van der Waals surface area contributed by atoms with Crippen LogP contribution in [0.15, 0.2) is 30.6 Å². The number of pyridine rings is 1. The van der Waals surface area contributed by atoms with E-state index in [4.69, 9.17) is 0 Å². The summed E-state index contributed by atoms with van der Waals surface area (Å²) in [6.07, 6.45) is 5.90. The smallest absolute Gasteiger partial charge is 0.352 e. The molecule has 0 aromatic carbocycles. The van der Waals surface area contributed by atoms with Gasteiger partial charge in [-0.2, -0.15) is 9.06 Å². The van der Waals surface area contributed by atoms with Gasteiger partial charge in [-0.25, -0.2) is 14.8 Å². The summed E-state index contributed by atoms with van der Waals surface area (Å²) in [4.78, 5) is 25.5. The predicted molar refractivity (Wildman–Crippen MR) is 93.8 cm³/mol. The van der Waals surface area contributed by atoms with Crippen LogP contribution in [0.3, 0.4) is 0 Å². The zero-order chi connectivity index (χ0) is 16.8. The number of hydrogen-bond donors (Lipinski definition) is 0. The highest BCUT2D eigenvalue weighted by Gasteiger charge is 2.32. The average Bonchev–Trinajstić information content (AvgIpc) is 3.42. The van der Waals surface area contributed by atoms with Crippen LogP contribution in [0.2, 0.25) is 0 Å². The Bertz CT molecular complexity index is 913. The molecule has 0 unspecified atom stereocenters. The third-order valence-electron chi connectivity index (χ3n) is 4.51. The Morgan fingerprint density at radius 1 is 1.12 bits per heavy atom. The van der Waals surface area contributed by atoms with E-state index in [9.17, 15) is 4.79 Å². The molecule has 126 valence electrons. The van der Waals surface area contributed by atoms with Crippen LogP contribution in [0, 0.1) is 0 Å². The summed E-state index contributed by atoms with van der Waals surface area (Å²) >= 11 is 1.28. The molecule has 0 bridgehead atoms. The molecule has 3 aromatic rings. The second-order valence-corrected chi connectivity index (χ2v) is 6.89. The normalized spacial score (nSPS) is 16.7. The number of anilines is 2. The zero-order valence-electron chi connectivity index (χ0n) is 13.4. The van der Waals surface area contributed by atoms with Crippen molar-refractivity contribution in [2.24, 2.45) is 0 Å². The van der Waals surface area contributed by atoms with E-state index in [1.165, 1.54) is 29.1 Å². The molecule has 3 aromatic heterocycles. The maximum absolute atomic E-state index is 12.5. The quantitative estimate of drug-likeness (QED) is 0.719. The fraction of sp³-hybridized carbons (Fsp3) is 0.312. The van der Waals surface area contributed by atoms with Crippen molar-refractivity contribution >= 4 is 28.4 Å². The van der Waals surface area contributed by atoms with E-state index in [2.05, 4.69) is 24.3 Å². The molecule has 0 spiro atoms. The third kappa shape index (κ3) is 2.39. The molecule has 0 N–H and O–H groups in total. The lowest BCUT2D eigenvalue weighted by Crippen LogP contribution is -2.25. The van der Waals surface area contributed by atoms with Crippen molar-refractivity contribution < 1.29 is 4.79 Å². The number of amides is 1. The minimum atomic E-state index is -0.195. The van der Waals surface area contributed by atoms with E-state index in [0.29, 0.717) is 18.2 Å². The minimum absolute atomic E-state index is 0.195. The molecule has 5 heterocycles. The maximum atomic E-state index is 12.5. The molecule has 5 rings (SSSR count). The summed E-state index contributed by atoms with van der Waals surface area (Å²) in [5.41, 5.74) is 0.821. The van der Waals surface area contributed by atoms with Crippen molar-refractivity contribution in [3.05, 3.63) is 36.4 Å². The van der Waals surface area contributed by atoms with Crippen molar-refractivity contribution in [1.82, 2.24) is 24.1 Å². The number of hydrogen-bond acceptors (Lipinski definition) is 7. The van der Waals surface area contributed by atoms with Crippen molar-refractivity contribution in [2.75, 3.05) is 22.9 Å². The number of aromatic nitrogens is 5. The summed E-state index contributed by atoms with van der Waals surface area (Å²) in [7, 11) is 0. The van der Waals surface area contributed by atoms with Gasteiger partial charge in [0.05, 0.1) is 6.54 Å². The number of fused-ring (bicyclic) bond motifs is 1. The average molecular weight is 353 g/mol. The first-order chi connectivity index (χ1) is 12.3. The fourth-order valence-corrected chi connectivity index (χ4v) is 3.81. The minimum Gasteiger partial charge on any atom is -0.357 e. The lowest BCUT2D eigenvalue weighted by molar-refractivity contribution is 0.248. The van der Waals surface area contributed by atoms with E-state index in [1.807, 2.05) is 18.2 Å². The van der Waals surface area contributed by atoms with Gasteiger partial charge in [-0.3, -0.25) is 4.90 Å². The van der Waals surface area contributed by atoms with Gasteiger partial charge in [0.15, 0.2) is 11.6 Å². The Balaban J connectivity index is 1.40. The molecule has 9 heteroatoms. The second kappa shape index (κ2) is 5.62. The maximum Gasteiger partial charge on any atom is 0.352 e. The van der Waals surface area contributed by atoms with Crippen molar-refractivity contribution in [3.63, 3.8) is 0 Å². The fourth-order valence-electron chi connectivity index (χ4n) is 3.22. The lowest BCUT2D eigenvalue weighted by Gasteiger charge is -2.15. The van der Waals surface area contributed by atoms with Gasteiger partial charge in [0.1, 0.15) is 10.8 Å². The Morgan fingerprint density at radius 2 is 2.00 bits per heavy atom. The van der Waals surface area contributed by atoms with Crippen LogP contribution in [0.25, 0.3) is 11.4 Å². The van der Waals surface area contributed by atoms with Gasteiger partial charge >= 0.3 is 6.03 Å². The molecule has 8 nitrogen and oxygen atoms in total. The monoisotopic (exact) mass is 353 g/mol. The lowest BCUT2D eigenvalue weighted by atomic mass is 10.2. The van der Waals surface area contributed by atoms with Crippen LogP contribution in [0.5, 0.6) is 0 Å². The molecule has 1 fully saturated rings. The van der Waals surface area contributed by atoms with Crippen molar-refractivity contribution in [3.8, 4) is 11.4 Å². The number of nitrogens with zero attached hydrogens (tertiary/aromatic N) is 7. The molecule has 2 aliphatic heterocycles. The Kier molecular flexibility index (Phi) is 3.27.